The SMILES string of the molecule is CSCCCN1CCCC[C@@H]1CCc1cccc(O)c1. The lowest BCUT2D eigenvalue weighted by molar-refractivity contribution is 0.141. The molecule has 1 atom stereocenters. The summed E-state index contributed by atoms with van der Waals surface area (Å²) in [6, 6.07) is 8.47. The van der Waals surface area contributed by atoms with Gasteiger partial charge in [0, 0.05) is 6.04 Å². The lowest BCUT2D eigenvalue weighted by Gasteiger charge is -2.36. The summed E-state index contributed by atoms with van der Waals surface area (Å²) in [4.78, 5) is 2.70. The molecule has 112 valence electrons. The van der Waals surface area contributed by atoms with Gasteiger partial charge in [-0.2, -0.15) is 11.8 Å². The van der Waals surface area contributed by atoms with Crippen molar-refractivity contribution >= 4 is 11.8 Å². The first kappa shape index (κ1) is 15.7. The highest BCUT2D eigenvalue weighted by molar-refractivity contribution is 7.98. The molecule has 0 spiro atoms. The van der Waals surface area contributed by atoms with E-state index in [9.17, 15) is 5.11 Å². The third kappa shape index (κ3) is 5.02. The molecule has 2 rings (SSSR count). The van der Waals surface area contributed by atoms with Crippen LogP contribution < -0.4 is 0 Å². The van der Waals surface area contributed by atoms with Gasteiger partial charge in [-0.1, -0.05) is 18.6 Å². The highest BCUT2D eigenvalue weighted by Gasteiger charge is 2.21. The van der Waals surface area contributed by atoms with Crippen LogP contribution in [0.5, 0.6) is 5.75 Å². The highest BCUT2D eigenvalue weighted by Crippen LogP contribution is 2.22. The summed E-state index contributed by atoms with van der Waals surface area (Å²) < 4.78 is 0. The van der Waals surface area contributed by atoms with Crippen LogP contribution >= 0.6 is 11.8 Å². The molecule has 1 saturated heterocycles. The number of hydrogen-bond donors (Lipinski definition) is 1. The Labute approximate surface area is 127 Å². The van der Waals surface area contributed by atoms with E-state index >= 15 is 0 Å². The minimum absolute atomic E-state index is 0.392. The lowest BCUT2D eigenvalue weighted by atomic mass is 9.95. The summed E-state index contributed by atoms with van der Waals surface area (Å²) in [6.45, 7) is 2.53. The van der Waals surface area contributed by atoms with Crippen molar-refractivity contribution in [2.24, 2.45) is 0 Å². The van der Waals surface area contributed by atoms with Gasteiger partial charge in [-0.25, -0.2) is 0 Å². The van der Waals surface area contributed by atoms with Gasteiger partial charge < -0.3 is 10.0 Å². The Morgan fingerprint density at radius 1 is 1.35 bits per heavy atom. The van der Waals surface area contributed by atoms with Crippen LogP contribution in [0.4, 0.5) is 0 Å². The van der Waals surface area contributed by atoms with Crippen LogP contribution in [0.1, 0.15) is 37.7 Å². The fourth-order valence-electron chi connectivity index (χ4n) is 3.14. The van der Waals surface area contributed by atoms with Gasteiger partial charge in [0.25, 0.3) is 0 Å². The molecule has 0 aliphatic carbocycles. The number of nitrogens with zero attached hydrogens (tertiary/aromatic N) is 1. The fourth-order valence-corrected chi connectivity index (χ4v) is 3.56. The van der Waals surface area contributed by atoms with Crippen molar-refractivity contribution in [1.82, 2.24) is 4.90 Å². The maximum absolute atomic E-state index is 9.53. The lowest BCUT2D eigenvalue weighted by Crippen LogP contribution is -2.40. The van der Waals surface area contributed by atoms with Crippen LogP contribution in [0, 0.1) is 0 Å². The van der Waals surface area contributed by atoms with Gasteiger partial charge in [-0.3, -0.25) is 0 Å². The predicted octanol–water partition coefficient (Wildman–Crippen LogP) is 3.93. The van der Waals surface area contributed by atoms with Crippen LogP contribution in [0.25, 0.3) is 0 Å². The molecule has 1 aromatic rings. The molecule has 20 heavy (non-hydrogen) atoms. The average molecular weight is 293 g/mol. The monoisotopic (exact) mass is 293 g/mol. The molecule has 1 aromatic carbocycles. The molecule has 0 radical (unpaired) electrons. The highest BCUT2D eigenvalue weighted by atomic mass is 32.2. The van der Waals surface area contributed by atoms with Crippen molar-refractivity contribution in [2.45, 2.75) is 44.6 Å². The van der Waals surface area contributed by atoms with Crippen LogP contribution in [-0.2, 0) is 6.42 Å². The summed E-state index contributed by atoms with van der Waals surface area (Å²) in [5.41, 5.74) is 1.26. The van der Waals surface area contributed by atoms with E-state index in [1.807, 2.05) is 23.9 Å². The second-order valence-corrected chi connectivity index (χ2v) is 6.73. The van der Waals surface area contributed by atoms with Crippen LogP contribution in [0.3, 0.4) is 0 Å². The molecule has 2 nitrogen and oxygen atoms in total. The topological polar surface area (TPSA) is 23.5 Å². The second kappa shape index (κ2) is 8.58. The molecule has 3 heteroatoms. The zero-order valence-electron chi connectivity index (χ0n) is 12.6. The largest absolute Gasteiger partial charge is 0.508 e. The Bertz CT molecular complexity index is 396. The Morgan fingerprint density at radius 3 is 3.05 bits per heavy atom. The van der Waals surface area contributed by atoms with Crippen molar-refractivity contribution in [3.05, 3.63) is 29.8 Å². The van der Waals surface area contributed by atoms with Gasteiger partial charge in [0.05, 0.1) is 0 Å². The summed E-state index contributed by atoms with van der Waals surface area (Å²) >= 11 is 1.95. The van der Waals surface area contributed by atoms with E-state index in [2.05, 4.69) is 17.2 Å². The van der Waals surface area contributed by atoms with Crippen molar-refractivity contribution in [3.63, 3.8) is 0 Å². The zero-order valence-corrected chi connectivity index (χ0v) is 13.4. The molecule has 1 heterocycles. The van der Waals surface area contributed by atoms with Crippen molar-refractivity contribution in [3.8, 4) is 5.75 Å². The number of benzene rings is 1. The molecular weight excluding hydrogens is 266 g/mol. The number of rotatable bonds is 7. The third-order valence-electron chi connectivity index (χ3n) is 4.22. The third-order valence-corrected chi connectivity index (χ3v) is 4.92. The van der Waals surface area contributed by atoms with E-state index in [-0.39, 0.29) is 0 Å². The number of piperidine rings is 1. The first-order chi connectivity index (χ1) is 9.79. The summed E-state index contributed by atoms with van der Waals surface area (Å²) in [5, 5.41) is 9.53. The van der Waals surface area contributed by atoms with E-state index in [0.29, 0.717) is 5.75 Å². The van der Waals surface area contributed by atoms with Crippen LogP contribution in [0.15, 0.2) is 24.3 Å². The minimum Gasteiger partial charge on any atom is -0.508 e. The molecule has 1 aliphatic heterocycles. The molecule has 1 fully saturated rings. The van der Waals surface area contributed by atoms with Gasteiger partial charge in [0.1, 0.15) is 5.75 Å². The Balaban J connectivity index is 1.82. The Kier molecular flexibility index (Phi) is 6.74. The van der Waals surface area contributed by atoms with E-state index < -0.39 is 0 Å². The van der Waals surface area contributed by atoms with E-state index in [4.69, 9.17) is 0 Å². The van der Waals surface area contributed by atoms with Gasteiger partial charge in [-0.15, -0.1) is 0 Å². The number of aromatic hydroxyl groups is 1. The Hall–Kier alpha value is -0.670. The average Bonchev–Trinajstić information content (AvgIpc) is 2.47. The quantitative estimate of drug-likeness (QED) is 0.771. The van der Waals surface area contributed by atoms with Gasteiger partial charge in [0.15, 0.2) is 0 Å². The maximum atomic E-state index is 9.53. The smallest absolute Gasteiger partial charge is 0.115 e. The molecule has 1 N–H and O–H groups in total. The fraction of sp³-hybridized carbons (Fsp3) is 0.647. The van der Waals surface area contributed by atoms with Crippen molar-refractivity contribution in [1.29, 1.82) is 0 Å². The van der Waals surface area contributed by atoms with Crippen LogP contribution in [0.2, 0.25) is 0 Å². The predicted molar refractivity (Wildman–Crippen MR) is 88.6 cm³/mol. The molecule has 0 unspecified atom stereocenters. The number of phenols is 1. The van der Waals surface area contributed by atoms with E-state index in [1.54, 1.807) is 6.07 Å². The van der Waals surface area contributed by atoms with E-state index in [0.717, 1.165) is 12.5 Å². The minimum atomic E-state index is 0.392. The number of phenolic OH excluding ortho intramolecular Hbond substituents is 1. The standard InChI is InChI=1S/C17H27NOS/c1-20-13-5-12-18-11-3-2-7-16(18)10-9-15-6-4-8-17(19)14-15/h4,6,8,14,16,19H,2-3,5,7,9-13H2,1H3/t16-/m1/s1. The Morgan fingerprint density at radius 2 is 2.25 bits per heavy atom. The van der Waals surface area contributed by atoms with Crippen molar-refractivity contribution in [2.75, 3.05) is 25.1 Å². The normalized spacial score (nSPS) is 20.1. The zero-order chi connectivity index (χ0) is 14.2. The second-order valence-electron chi connectivity index (χ2n) is 5.74. The number of hydrogen-bond acceptors (Lipinski definition) is 3. The van der Waals surface area contributed by atoms with E-state index in [1.165, 1.54) is 56.5 Å². The van der Waals surface area contributed by atoms with Gasteiger partial charge >= 0.3 is 0 Å². The van der Waals surface area contributed by atoms with Crippen LogP contribution in [-0.4, -0.2) is 41.1 Å². The number of thioether (sulfide) groups is 1. The number of likely N-dealkylation sites (tertiary alicyclic amines) is 1. The molecule has 0 amide bonds. The molecule has 0 bridgehead atoms. The van der Waals surface area contributed by atoms with Crippen molar-refractivity contribution < 1.29 is 5.11 Å². The van der Waals surface area contributed by atoms with Gasteiger partial charge in [-0.05, 0) is 74.9 Å². The summed E-state index contributed by atoms with van der Waals surface area (Å²) in [5.74, 6) is 1.67. The molecule has 0 saturated carbocycles. The van der Waals surface area contributed by atoms with Gasteiger partial charge in [0.2, 0.25) is 0 Å². The first-order valence-corrected chi connectivity index (χ1v) is 9.20. The maximum Gasteiger partial charge on any atom is 0.115 e. The molecule has 1 aliphatic rings. The summed E-state index contributed by atoms with van der Waals surface area (Å²) in [6.07, 6.45) is 9.89. The molecular formula is C17H27NOS. The first-order valence-electron chi connectivity index (χ1n) is 7.80. The number of aryl methyl sites for hydroxylation is 1. The molecule has 0 aromatic heterocycles. The summed E-state index contributed by atoms with van der Waals surface area (Å²) in [7, 11) is 0.